The molecule has 1 aliphatic rings. The molecule has 1 unspecified atom stereocenters. The summed E-state index contributed by atoms with van der Waals surface area (Å²) in [4.78, 5) is 21.6. The number of anilines is 2. The van der Waals surface area contributed by atoms with Gasteiger partial charge in [0.05, 0.1) is 0 Å². The third kappa shape index (κ3) is 4.35. The van der Waals surface area contributed by atoms with Gasteiger partial charge >= 0.3 is 0 Å². The van der Waals surface area contributed by atoms with Crippen LogP contribution in [0, 0.1) is 0 Å². The Labute approximate surface area is 136 Å². The highest BCUT2D eigenvalue weighted by atomic mass is 15.2. The van der Waals surface area contributed by atoms with E-state index in [-0.39, 0.29) is 0 Å². The summed E-state index contributed by atoms with van der Waals surface area (Å²) < 4.78 is 0. The van der Waals surface area contributed by atoms with Crippen LogP contribution in [0.4, 0.5) is 11.9 Å². The van der Waals surface area contributed by atoms with E-state index in [2.05, 4.69) is 30.2 Å². The van der Waals surface area contributed by atoms with Crippen molar-refractivity contribution in [2.24, 2.45) is 0 Å². The molecule has 23 heavy (non-hydrogen) atoms. The summed E-state index contributed by atoms with van der Waals surface area (Å²) in [6, 6.07) is 2.21. The molecule has 2 aromatic heterocycles. The van der Waals surface area contributed by atoms with E-state index in [4.69, 9.17) is 0 Å². The van der Waals surface area contributed by atoms with Crippen molar-refractivity contribution in [1.82, 2.24) is 24.8 Å². The highest BCUT2D eigenvalue weighted by Crippen LogP contribution is 2.16. The van der Waals surface area contributed by atoms with Gasteiger partial charge in [-0.1, -0.05) is 0 Å². The van der Waals surface area contributed by atoms with Crippen molar-refractivity contribution in [3.8, 4) is 0 Å². The van der Waals surface area contributed by atoms with Crippen LogP contribution >= 0.6 is 0 Å². The molecule has 0 bridgehead atoms. The summed E-state index contributed by atoms with van der Waals surface area (Å²) in [6.45, 7) is 2.96. The molecule has 7 nitrogen and oxygen atoms in total. The first kappa shape index (κ1) is 15.6. The highest BCUT2D eigenvalue weighted by Gasteiger charge is 2.20. The zero-order valence-corrected chi connectivity index (χ0v) is 13.7. The lowest BCUT2D eigenvalue weighted by Crippen LogP contribution is -2.41. The Morgan fingerprint density at radius 1 is 1.17 bits per heavy atom. The Morgan fingerprint density at radius 2 is 1.91 bits per heavy atom. The predicted octanol–water partition coefficient (Wildman–Crippen LogP) is 1.41. The molecular formula is C16H23N7. The zero-order chi connectivity index (χ0) is 16.1. The van der Waals surface area contributed by atoms with Gasteiger partial charge in [0.25, 0.3) is 0 Å². The third-order valence-electron chi connectivity index (χ3n) is 3.90. The van der Waals surface area contributed by atoms with Crippen molar-refractivity contribution < 1.29 is 0 Å². The molecule has 1 fully saturated rings. The Kier molecular flexibility index (Phi) is 4.97. The summed E-state index contributed by atoms with van der Waals surface area (Å²) >= 11 is 0. The zero-order valence-electron chi connectivity index (χ0n) is 13.7. The second-order valence-electron chi connectivity index (χ2n) is 6.08. The largest absolute Gasteiger partial charge is 0.350 e. The molecular weight excluding hydrogens is 290 g/mol. The number of hydrogen-bond donors (Lipinski definition) is 1. The second kappa shape index (κ2) is 7.32. The average molecular weight is 313 g/mol. The molecule has 0 aromatic carbocycles. The lowest BCUT2D eigenvalue weighted by molar-refractivity contribution is 0.208. The normalized spacial score (nSPS) is 18.6. The van der Waals surface area contributed by atoms with Gasteiger partial charge in [0.1, 0.15) is 0 Å². The summed E-state index contributed by atoms with van der Waals surface area (Å²) in [5, 5.41) is 3.42. The van der Waals surface area contributed by atoms with Crippen molar-refractivity contribution in [2.75, 3.05) is 37.4 Å². The third-order valence-corrected chi connectivity index (χ3v) is 3.90. The van der Waals surface area contributed by atoms with Crippen LogP contribution in [-0.4, -0.2) is 58.1 Å². The number of nitrogens with one attached hydrogen (secondary N) is 1. The fraction of sp³-hybridized carbons (Fsp3) is 0.500. The first-order valence-corrected chi connectivity index (χ1v) is 7.95. The van der Waals surface area contributed by atoms with Crippen LogP contribution in [-0.2, 0) is 6.54 Å². The van der Waals surface area contributed by atoms with Crippen LogP contribution in [0.1, 0.15) is 18.4 Å². The lowest BCUT2D eigenvalue weighted by atomic mass is 10.1. The summed E-state index contributed by atoms with van der Waals surface area (Å²) in [5.41, 5.74) is 1.15. The molecule has 0 amide bonds. The van der Waals surface area contributed by atoms with Gasteiger partial charge in [0, 0.05) is 63.6 Å². The number of hydrogen-bond acceptors (Lipinski definition) is 7. The average Bonchev–Trinajstić information content (AvgIpc) is 2.57. The first-order chi connectivity index (χ1) is 11.2. The number of aromatic nitrogens is 4. The van der Waals surface area contributed by atoms with Gasteiger partial charge < -0.3 is 10.2 Å². The minimum Gasteiger partial charge on any atom is -0.350 e. The van der Waals surface area contributed by atoms with Crippen molar-refractivity contribution in [1.29, 1.82) is 0 Å². The van der Waals surface area contributed by atoms with Gasteiger partial charge in [-0.05, 0) is 25.5 Å². The number of nitrogens with zero attached hydrogens (tertiary/aromatic N) is 6. The number of rotatable bonds is 5. The Bertz CT molecular complexity index is 600. The molecule has 122 valence electrons. The molecule has 1 atom stereocenters. The molecule has 1 saturated heterocycles. The molecule has 7 heteroatoms. The summed E-state index contributed by atoms with van der Waals surface area (Å²) in [7, 11) is 3.89. The van der Waals surface area contributed by atoms with Crippen LogP contribution in [0.15, 0.2) is 30.9 Å². The quantitative estimate of drug-likeness (QED) is 0.895. The van der Waals surface area contributed by atoms with Crippen LogP contribution < -0.4 is 10.2 Å². The molecule has 1 N–H and O–H groups in total. The van der Waals surface area contributed by atoms with Crippen LogP contribution in [0.25, 0.3) is 0 Å². The molecule has 0 saturated carbocycles. The first-order valence-electron chi connectivity index (χ1n) is 7.95. The van der Waals surface area contributed by atoms with Crippen molar-refractivity contribution >= 4 is 11.9 Å². The maximum Gasteiger partial charge on any atom is 0.224 e. The van der Waals surface area contributed by atoms with Crippen LogP contribution in [0.5, 0.6) is 0 Å². The highest BCUT2D eigenvalue weighted by molar-refractivity contribution is 5.27. The lowest BCUT2D eigenvalue weighted by Gasteiger charge is -2.33. The maximum absolute atomic E-state index is 4.38. The van der Waals surface area contributed by atoms with Crippen LogP contribution in [0.2, 0.25) is 0 Å². The van der Waals surface area contributed by atoms with Gasteiger partial charge in [-0.15, -0.1) is 0 Å². The molecule has 3 rings (SSSR count). The van der Waals surface area contributed by atoms with Gasteiger partial charge in [-0.2, -0.15) is 0 Å². The standard InChI is InChI=1S/C16H23N7/c1-22(2)16-19-9-13(10-20-16)11-23-8-3-5-14(12-23)21-15-17-6-4-7-18-15/h4,6-7,9-10,14H,3,5,8,11-12H2,1-2H3,(H,17,18,21). The Balaban J connectivity index is 1.56. The van der Waals surface area contributed by atoms with E-state index in [1.165, 1.54) is 6.42 Å². The van der Waals surface area contributed by atoms with E-state index in [0.717, 1.165) is 37.6 Å². The maximum atomic E-state index is 4.38. The Morgan fingerprint density at radius 3 is 2.61 bits per heavy atom. The smallest absolute Gasteiger partial charge is 0.224 e. The van der Waals surface area contributed by atoms with Gasteiger partial charge in [0.2, 0.25) is 11.9 Å². The molecule has 0 radical (unpaired) electrons. The second-order valence-corrected chi connectivity index (χ2v) is 6.08. The molecule has 0 aliphatic carbocycles. The van der Waals surface area contributed by atoms with E-state index >= 15 is 0 Å². The number of likely N-dealkylation sites (tertiary alicyclic amines) is 1. The molecule has 3 heterocycles. The van der Waals surface area contributed by atoms with E-state index < -0.39 is 0 Å². The fourth-order valence-electron chi connectivity index (χ4n) is 2.79. The summed E-state index contributed by atoms with van der Waals surface area (Å²) in [6.07, 6.45) is 9.67. The van der Waals surface area contributed by atoms with Crippen LogP contribution in [0.3, 0.4) is 0 Å². The van der Waals surface area contributed by atoms with Crippen molar-refractivity contribution in [3.05, 3.63) is 36.4 Å². The van der Waals surface area contributed by atoms with E-state index in [1.54, 1.807) is 12.4 Å². The summed E-state index contributed by atoms with van der Waals surface area (Å²) in [5.74, 6) is 1.45. The van der Waals surface area contributed by atoms with Gasteiger partial charge in [-0.25, -0.2) is 19.9 Å². The Hall–Kier alpha value is -2.28. The van der Waals surface area contributed by atoms with Gasteiger partial charge in [-0.3, -0.25) is 4.90 Å². The molecule has 0 spiro atoms. The fourth-order valence-corrected chi connectivity index (χ4v) is 2.79. The van der Waals surface area contributed by atoms with E-state index in [0.29, 0.717) is 12.0 Å². The minimum atomic E-state index is 0.383. The number of piperidine rings is 1. The molecule has 1 aliphatic heterocycles. The van der Waals surface area contributed by atoms with Gasteiger partial charge in [0.15, 0.2) is 0 Å². The topological polar surface area (TPSA) is 70.1 Å². The SMILES string of the molecule is CN(C)c1ncc(CN2CCCC(Nc3ncccn3)C2)cn1. The van der Waals surface area contributed by atoms with E-state index in [1.807, 2.05) is 37.5 Å². The monoisotopic (exact) mass is 313 g/mol. The minimum absolute atomic E-state index is 0.383. The van der Waals surface area contributed by atoms with E-state index in [9.17, 15) is 0 Å². The molecule has 2 aromatic rings. The van der Waals surface area contributed by atoms with Crippen molar-refractivity contribution in [3.63, 3.8) is 0 Å². The van der Waals surface area contributed by atoms with Crippen molar-refractivity contribution in [2.45, 2.75) is 25.4 Å². The predicted molar refractivity (Wildman–Crippen MR) is 90.3 cm³/mol.